The molecule has 0 amide bonds. The molecule has 0 aliphatic carbocycles. The minimum atomic E-state index is -0.657. The highest BCUT2D eigenvalue weighted by Gasteiger charge is 2.25. The van der Waals surface area contributed by atoms with Crippen LogP contribution >= 0.6 is 0 Å². The molecular weight excluding hydrogens is 795 g/mol. The number of aryl methyl sites for hydroxylation is 2. The zero-order valence-electron chi connectivity index (χ0n) is 34.8. The summed E-state index contributed by atoms with van der Waals surface area (Å²) in [6, 6.07) is 18.0. The molecule has 0 bridgehead atoms. The van der Waals surface area contributed by atoms with E-state index in [-0.39, 0.29) is 46.3 Å². The molecule has 7 rings (SSSR count). The van der Waals surface area contributed by atoms with Crippen LogP contribution in [0.1, 0.15) is 73.8 Å². The fourth-order valence-corrected chi connectivity index (χ4v) is 6.42. The Hall–Kier alpha value is -8.10. The van der Waals surface area contributed by atoms with Crippen molar-refractivity contribution in [2.24, 2.45) is 20.5 Å². The Bertz CT molecular complexity index is 2770. The van der Waals surface area contributed by atoms with E-state index in [1.54, 1.807) is 18.0 Å². The molecular formula is C41H45N17O4. The lowest BCUT2D eigenvalue weighted by molar-refractivity contribution is 0.0601. The van der Waals surface area contributed by atoms with Crippen molar-refractivity contribution in [1.82, 2.24) is 54.1 Å². The van der Waals surface area contributed by atoms with E-state index in [0.717, 1.165) is 31.4 Å². The van der Waals surface area contributed by atoms with Crippen LogP contribution in [0.15, 0.2) is 99.6 Å². The quantitative estimate of drug-likeness (QED) is 0.0449. The van der Waals surface area contributed by atoms with Gasteiger partial charge in [0.15, 0.2) is 34.6 Å². The molecule has 0 spiro atoms. The summed E-state index contributed by atoms with van der Waals surface area (Å²) in [5, 5.41) is 47.6. The molecule has 2 aromatic carbocycles. The summed E-state index contributed by atoms with van der Waals surface area (Å²) < 4.78 is 16.2. The number of nitrogen functional groups attached to an aromatic ring is 2. The van der Waals surface area contributed by atoms with Crippen molar-refractivity contribution in [3.05, 3.63) is 102 Å². The molecule has 0 radical (unpaired) electrons. The molecule has 0 saturated carbocycles. The van der Waals surface area contributed by atoms with Crippen LogP contribution in [0, 0.1) is 0 Å². The first kappa shape index (κ1) is 42.0. The largest absolute Gasteiger partial charge is 0.496 e. The smallest absolute Gasteiger partial charge is 0.343 e. The molecule has 0 fully saturated rings. The van der Waals surface area contributed by atoms with Gasteiger partial charge in [-0.05, 0) is 62.9 Å². The molecule has 0 unspecified atom stereocenters. The van der Waals surface area contributed by atoms with E-state index in [2.05, 4.69) is 52.5 Å². The topological polar surface area (TPSA) is 267 Å². The predicted octanol–water partition coefficient (Wildman–Crippen LogP) is 7.79. The van der Waals surface area contributed by atoms with Crippen molar-refractivity contribution in [3.63, 3.8) is 0 Å². The summed E-state index contributed by atoms with van der Waals surface area (Å²) in [4.78, 5) is 25.7. The number of aromatic nitrogens is 11. The molecule has 5 aromatic heterocycles. The second kappa shape index (κ2) is 18.9. The first-order chi connectivity index (χ1) is 30.2. The van der Waals surface area contributed by atoms with Crippen molar-refractivity contribution in [3.8, 4) is 29.3 Å². The minimum Gasteiger partial charge on any atom is -0.496 e. The maximum atomic E-state index is 12.8. The Morgan fingerprint density at radius 1 is 0.677 bits per heavy atom. The van der Waals surface area contributed by atoms with E-state index < -0.39 is 12.0 Å². The second-order valence-corrected chi connectivity index (χ2v) is 13.6. The van der Waals surface area contributed by atoms with Gasteiger partial charge in [-0.25, -0.2) is 14.2 Å². The Kier molecular flexibility index (Phi) is 12.8. The molecule has 7 aromatic rings. The van der Waals surface area contributed by atoms with Gasteiger partial charge in [-0.3, -0.25) is 0 Å². The van der Waals surface area contributed by atoms with Gasteiger partial charge in [0.1, 0.15) is 11.3 Å². The summed E-state index contributed by atoms with van der Waals surface area (Å²) >= 11 is 0. The number of unbranched alkanes of at least 4 members (excludes halogenated alkanes) is 2. The summed E-state index contributed by atoms with van der Waals surface area (Å²) in [6.45, 7) is 5.94. The molecule has 318 valence electrons. The van der Waals surface area contributed by atoms with Crippen molar-refractivity contribution >= 4 is 46.4 Å². The number of rotatable bonds is 17. The number of methoxy groups -OCH3 is 2. The third kappa shape index (κ3) is 8.48. The fourth-order valence-electron chi connectivity index (χ4n) is 6.42. The number of azo groups is 2. The van der Waals surface area contributed by atoms with Crippen LogP contribution in [0.25, 0.3) is 29.0 Å². The zero-order valence-corrected chi connectivity index (χ0v) is 34.8. The average Bonchev–Trinajstić information content (AvgIpc) is 4.07. The van der Waals surface area contributed by atoms with Crippen molar-refractivity contribution in [1.29, 1.82) is 0 Å². The number of aromatic hydroxyl groups is 1. The van der Waals surface area contributed by atoms with E-state index >= 15 is 0 Å². The van der Waals surface area contributed by atoms with Gasteiger partial charge in [-0.15, -0.1) is 20.5 Å². The standard InChI is InChI=1S/C41H45N17O4/c1-6-9-21-29-32(49-51-36-27(31(8-3)61-4)23-44-55(36)25-17-13-11-14-18-25)34(42)57(53-29)39-46-40(48-41(60)47-39)58-35(43)33(30(54-58)22-10-7-2)50-52-37-28(38(59)62-5)24-45-56(37)26-19-15-12-16-20-26/h8,11-20,23-24H,6-7,9-10,21-22,42-43H2,1-5H3,(H,46,47,48,60). The molecule has 21 heteroatoms. The zero-order chi connectivity index (χ0) is 43.8. The summed E-state index contributed by atoms with van der Waals surface area (Å²) in [7, 11) is 2.83. The lowest BCUT2D eigenvalue weighted by Gasteiger charge is -2.07. The van der Waals surface area contributed by atoms with Gasteiger partial charge < -0.3 is 26.0 Å². The highest BCUT2D eigenvalue weighted by Crippen LogP contribution is 2.37. The van der Waals surface area contributed by atoms with Gasteiger partial charge in [0.2, 0.25) is 0 Å². The number of carbonyl (C=O) groups excluding carboxylic acids is 1. The summed E-state index contributed by atoms with van der Waals surface area (Å²) in [5.74, 6) is 0.150. The fraction of sp³-hybridized carbons (Fsp3) is 0.268. The molecule has 0 aliphatic heterocycles. The van der Waals surface area contributed by atoms with Gasteiger partial charge in [-0.2, -0.15) is 44.7 Å². The minimum absolute atomic E-state index is 0.00394. The number of para-hydroxylation sites is 2. The number of hydrogen-bond donors (Lipinski definition) is 3. The lowest BCUT2D eigenvalue weighted by atomic mass is 10.2. The SMILES string of the molecule is CC=C(OC)c1cnn(-c2ccccc2)c1N=Nc1c(CCCC)nn(-c2nc(O)nc(-n3nc(CCCC)c(N=Nc4c(C(=O)OC)cnn4-c4ccccc4)c3N)n2)c1N. The molecule has 5 heterocycles. The van der Waals surface area contributed by atoms with Gasteiger partial charge >= 0.3 is 12.0 Å². The second-order valence-electron chi connectivity index (χ2n) is 13.6. The van der Waals surface area contributed by atoms with Gasteiger partial charge in [0.25, 0.3) is 11.9 Å². The molecule has 5 N–H and O–H groups in total. The predicted molar refractivity (Wildman–Crippen MR) is 229 cm³/mol. The van der Waals surface area contributed by atoms with E-state index in [9.17, 15) is 9.90 Å². The van der Waals surface area contributed by atoms with Crippen LogP contribution < -0.4 is 11.5 Å². The summed E-state index contributed by atoms with van der Waals surface area (Å²) in [6.07, 6.45) is 8.97. The Morgan fingerprint density at radius 2 is 1.15 bits per heavy atom. The molecule has 0 saturated heterocycles. The van der Waals surface area contributed by atoms with Crippen molar-refractivity contribution in [2.75, 3.05) is 25.7 Å². The number of esters is 1. The average molecular weight is 840 g/mol. The molecule has 0 aliphatic rings. The van der Waals surface area contributed by atoms with E-state index in [4.69, 9.17) is 31.1 Å². The van der Waals surface area contributed by atoms with Crippen LogP contribution in [0.3, 0.4) is 0 Å². The van der Waals surface area contributed by atoms with Gasteiger partial charge in [-0.1, -0.05) is 63.1 Å². The van der Waals surface area contributed by atoms with Crippen LogP contribution in [0.5, 0.6) is 6.01 Å². The van der Waals surface area contributed by atoms with Crippen LogP contribution in [0.4, 0.5) is 34.6 Å². The van der Waals surface area contributed by atoms with E-state index in [1.807, 2.05) is 80.6 Å². The van der Waals surface area contributed by atoms with Crippen LogP contribution in [-0.2, 0) is 22.3 Å². The Labute approximate surface area is 355 Å². The maximum Gasteiger partial charge on any atom is 0.343 e. The molecule has 21 nitrogen and oxygen atoms in total. The van der Waals surface area contributed by atoms with Crippen molar-refractivity contribution < 1.29 is 19.4 Å². The van der Waals surface area contributed by atoms with Gasteiger partial charge in [0.05, 0.1) is 54.9 Å². The molecule has 0 atom stereocenters. The maximum absolute atomic E-state index is 12.8. The van der Waals surface area contributed by atoms with Gasteiger partial charge in [0, 0.05) is 0 Å². The number of benzene rings is 2. The van der Waals surface area contributed by atoms with Crippen molar-refractivity contribution in [2.45, 2.75) is 59.3 Å². The summed E-state index contributed by atoms with van der Waals surface area (Å²) in [5.41, 5.74) is 17.0. The van der Waals surface area contributed by atoms with Crippen LogP contribution in [0.2, 0.25) is 0 Å². The number of hydrogen-bond acceptors (Lipinski definition) is 17. The highest BCUT2D eigenvalue weighted by molar-refractivity contribution is 5.94. The number of nitrogens with two attached hydrogens (primary N) is 2. The highest BCUT2D eigenvalue weighted by atomic mass is 16.5. The Balaban J connectivity index is 1.31. The first-order valence-corrected chi connectivity index (χ1v) is 19.8. The third-order valence-electron chi connectivity index (χ3n) is 9.57. The molecule has 62 heavy (non-hydrogen) atoms. The normalized spacial score (nSPS) is 11.9. The van der Waals surface area contributed by atoms with E-state index in [0.29, 0.717) is 47.1 Å². The van der Waals surface area contributed by atoms with Crippen LogP contribution in [-0.4, -0.2) is 79.4 Å². The number of ether oxygens (including phenoxy) is 2. The Morgan fingerprint density at radius 3 is 1.58 bits per heavy atom. The van der Waals surface area contributed by atoms with E-state index in [1.165, 1.54) is 27.4 Å². The third-order valence-corrected chi connectivity index (χ3v) is 9.57. The lowest BCUT2D eigenvalue weighted by Crippen LogP contribution is -2.13. The monoisotopic (exact) mass is 839 g/mol. The first-order valence-electron chi connectivity index (χ1n) is 19.8. The number of carbonyl (C=O) groups is 1. The number of nitrogens with zero attached hydrogens (tertiary/aromatic N) is 15. The number of allylic oxidation sites excluding steroid dienone is 1. The number of anilines is 2.